The van der Waals surface area contributed by atoms with Crippen LogP contribution in [0.5, 0.6) is 0 Å². The first kappa shape index (κ1) is 27.8. The number of hydrogen-bond acceptors (Lipinski definition) is 6. The van der Waals surface area contributed by atoms with Crippen LogP contribution in [-0.2, 0) is 19.2 Å². The van der Waals surface area contributed by atoms with Crippen LogP contribution in [0.25, 0.3) is 0 Å². The highest BCUT2D eigenvalue weighted by Gasteiger charge is 2.38. The number of aliphatic carboxylic acids is 1. The lowest BCUT2D eigenvalue weighted by Crippen LogP contribution is -2.57. The Balaban J connectivity index is 2.90. The molecule has 0 aromatic rings. The summed E-state index contributed by atoms with van der Waals surface area (Å²) in [7, 11) is 0. The molecule has 0 aromatic heterocycles. The predicted molar refractivity (Wildman–Crippen MR) is 121 cm³/mol. The average molecular weight is 456 g/mol. The Kier molecular flexibility index (Phi) is 11.6. The maximum Gasteiger partial charge on any atom is 0.326 e. The molecule has 1 heterocycles. The minimum absolute atomic E-state index is 0.252. The van der Waals surface area contributed by atoms with Crippen molar-refractivity contribution in [3.63, 3.8) is 0 Å². The Morgan fingerprint density at radius 2 is 1.75 bits per heavy atom. The second-order valence-electron chi connectivity index (χ2n) is 9.34. The number of carboxylic acids is 1. The normalized spacial score (nSPS) is 19.0. The van der Waals surface area contributed by atoms with Crippen molar-refractivity contribution in [1.29, 1.82) is 0 Å². The fourth-order valence-corrected chi connectivity index (χ4v) is 3.92. The monoisotopic (exact) mass is 455 g/mol. The fourth-order valence-electron chi connectivity index (χ4n) is 3.92. The highest BCUT2D eigenvalue weighted by molar-refractivity contribution is 5.94. The SMILES string of the molecule is CC(C)CC(N)C(=O)N1CCCC1C(=O)NC(CCCCN)C(=O)NC(C(=O)O)C(C)C. The first-order chi connectivity index (χ1) is 15.0. The summed E-state index contributed by atoms with van der Waals surface area (Å²) in [6.07, 6.45) is 3.29. The molecule has 0 aromatic carbocycles. The third-order valence-electron chi connectivity index (χ3n) is 5.69. The van der Waals surface area contributed by atoms with E-state index in [2.05, 4.69) is 10.6 Å². The molecule has 1 saturated heterocycles. The molecule has 32 heavy (non-hydrogen) atoms. The van der Waals surface area contributed by atoms with Gasteiger partial charge in [-0.1, -0.05) is 27.7 Å². The van der Waals surface area contributed by atoms with Gasteiger partial charge in [-0.15, -0.1) is 0 Å². The minimum Gasteiger partial charge on any atom is -0.480 e. The second kappa shape index (κ2) is 13.4. The zero-order chi connectivity index (χ0) is 24.4. The molecule has 184 valence electrons. The molecule has 7 N–H and O–H groups in total. The number of likely N-dealkylation sites (tertiary alicyclic amines) is 1. The van der Waals surface area contributed by atoms with E-state index in [0.29, 0.717) is 51.6 Å². The number of unbranched alkanes of at least 4 members (excludes halogenated alkanes) is 1. The first-order valence-corrected chi connectivity index (χ1v) is 11.6. The summed E-state index contributed by atoms with van der Waals surface area (Å²) in [5.41, 5.74) is 11.6. The van der Waals surface area contributed by atoms with Crippen LogP contribution >= 0.6 is 0 Å². The van der Waals surface area contributed by atoms with E-state index < -0.39 is 42.0 Å². The second-order valence-corrected chi connectivity index (χ2v) is 9.34. The summed E-state index contributed by atoms with van der Waals surface area (Å²) < 4.78 is 0. The number of nitrogens with two attached hydrogens (primary N) is 2. The van der Waals surface area contributed by atoms with Crippen molar-refractivity contribution in [3.8, 4) is 0 Å². The van der Waals surface area contributed by atoms with Gasteiger partial charge in [0.1, 0.15) is 18.1 Å². The highest BCUT2D eigenvalue weighted by Crippen LogP contribution is 2.20. The molecule has 0 aliphatic carbocycles. The van der Waals surface area contributed by atoms with E-state index in [9.17, 15) is 24.3 Å². The van der Waals surface area contributed by atoms with E-state index >= 15 is 0 Å². The van der Waals surface area contributed by atoms with Crippen LogP contribution in [0, 0.1) is 11.8 Å². The number of carboxylic acid groups (broad SMARTS) is 1. The fraction of sp³-hybridized carbons (Fsp3) is 0.818. The van der Waals surface area contributed by atoms with Crippen LogP contribution in [0.4, 0.5) is 0 Å². The van der Waals surface area contributed by atoms with E-state index in [4.69, 9.17) is 11.5 Å². The van der Waals surface area contributed by atoms with Crippen LogP contribution in [-0.4, -0.2) is 71.0 Å². The molecule has 0 saturated carbocycles. The Labute approximate surface area is 190 Å². The molecule has 1 aliphatic heterocycles. The van der Waals surface area contributed by atoms with Crippen LogP contribution in [0.15, 0.2) is 0 Å². The molecule has 10 heteroatoms. The van der Waals surface area contributed by atoms with Crippen molar-refractivity contribution in [2.24, 2.45) is 23.3 Å². The van der Waals surface area contributed by atoms with Gasteiger partial charge < -0.3 is 32.1 Å². The van der Waals surface area contributed by atoms with E-state index in [1.165, 1.54) is 4.90 Å². The van der Waals surface area contributed by atoms with Crippen molar-refractivity contribution in [3.05, 3.63) is 0 Å². The average Bonchev–Trinajstić information content (AvgIpc) is 3.19. The molecule has 1 rings (SSSR count). The molecule has 10 nitrogen and oxygen atoms in total. The van der Waals surface area contributed by atoms with E-state index in [-0.39, 0.29) is 17.7 Å². The topological polar surface area (TPSA) is 168 Å². The van der Waals surface area contributed by atoms with Gasteiger partial charge in [-0.2, -0.15) is 0 Å². The number of nitrogens with one attached hydrogen (secondary N) is 2. The lowest BCUT2D eigenvalue weighted by atomic mass is 10.0. The molecule has 0 radical (unpaired) electrons. The smallest absolute Gasteiger partial charge is 0.326 e. The van der Waals surface area contributed by atoms with Crippen LogP contribution in [0.3, 0.4) is 0 Å². The van der Waals surface area contributed by atoms with Gasteiger partial charge in [-0.05, 0) is 56.9 Å². The molecule has 4 atom stereocenters. The van der Waals surface area contributed by atoms with Gasteiger partial charge in [0, 0.05) is 6.54 Å². The van der Waals surface area contributed by atoms with Crippen molar-refractivity contribution < 1.29 is 24.3 Å². The zero-order valence-corrected chi connectivity index (χ0v) is 19.8. The standard InChI is InChI=1S/C22H41N5O5/c1-13(2)12-15(24)21(30)27-11-7-9-17(27)20(29)25-16(8-5-6-10-23)19(28)26-18(14(3)4)22(31)32/h13-18H,5-12,23-24H2,1-4H3,(H,25,29)(H,26,28)(H,31,32). The van der Waals surface area contributed by atoms with Crippen LogP contribution in [0.1, 0.15) is 66.2 Å². The Hall–Kier alpha value is -2.20. The maximum absolute atomic E-state index is 13.0. The van der Waals surface area contributed by atoms with Crippen molar-refractivity contribution >= 4 is 23.7 Å². The number of amides is 3. The first-order valence-electron chi connectivity index (χ1n) is 11.6. The van der Waals surface area contributed by atoms with Crippen LogP contribution in [0.2, 0.25) is 0 Å². The summed E-state index contributed by atoms with van der Waals surface area (Å²) >= 11 is 0. The Morgan fingerprint density at radius 1 is 1.09 bits per heavy atom. The number of hydrogen-bond donors (Lipinski definition) is 5. The van der Waals surface area contributed by atoms with Gasteiger partial charge in [0.2, 0.25) is 17.7 Å². The quantitative estimate of drug-likeness (QED) is 0.247. The van der Waals surface area contributed by atoms with E-state index in [0.717, 1.165) is 0 Å². The summed E-state index contributed by atoms with van der Waals surface area (Å²) in [6.45, 7) is 8.25. The molecule has 1 aliphatic rings. The van der Waals surface area contributed by atoms with Crippen LogP contribution < -0.4 is 22.1 Å². The summed E-state index contributed by atoms with van der Waals surface area (Å²) in [6, 6.07) is -3.33. The predicted octanol–water partition coefficient (Wildman–Crippen LogP) is 0.190. The van der Waals surface area contributed by atoms with Gasteiger partial charge in [0.15, 0.2) is 0 Å². The zero-order valence-electron chi connectivity index (χ0n) is 19.8. The Morgan fingerprint density at radius 3 is 2.28 bits per heavy atom. The van der Waals surface area contributed by atoms with Gasteiger partial charge in [-0.3, -0.25) is 14.4 Å². The van der Waals surface area contributed by atoms with Crippen molar-refractivity contribution in [1.82, 2.24) is 15.5 Å². The van der Waals surface area contributed by atoms with E-state index in [1.807, 2.05) is 13.8 Å². The van der Waals surface area contributed by atoms with Gasteiger partial charge in [-0.25, -0.2) is 4.79 Å². The lowest BCUT2D eigenvalue weighted by molar-refractivity contribution is -0.144. The molecule has 4 unspecified atom stereocenters. The molecule has 0 bridgehead atoms. The summed E-state index contributed by atoms with van der Waals surface area (Å²) in [5, 5.41) is 14.7. The third kappa shape index (κ3) is 8.38. The van der Waals surface area contributed by atoms with Crippen molar-refractivity contribution in [2.45, 2.75) is 90.4 Å². The Bertz CT molecular complexity index is 655. The van der Waals surface area contributed by atoms with Crippen molar-refractivity contribution in [2.75, 3.05) is 13.1 Å². The molecule has 1 fully saturated rings. The number of nitrogens with zero attached hydrogens (tertiary/aromatic N) is 1. The third-order valence-corrected chi connectivity index (χ3v) is 5.69. The highest BCUT2D eigenvalue weighted by atomic mass is 16.4. The minimum atomic E-state index is -1.13. The number of carbonyl (C=O) groups excluding carboxylic acids is 3. The largest absolute Gasteiger partial charge is 0.480 e. The van der Waals surface area contributed by atoms with Gasteiger partial charge in [0.05, 0.1) is 6.04 Å². The van der Waals surface area contributed by atoms with Gasteiger partial charge >= 0.3 is 5.97 Å². The molecular weight excluding hydrogens is 414 g/mol. The maximum atomic E-state index is 13.0. The molecular formula is C22H41N5O5. The van der Waals surface area contributed by atoms with E-state index in [1.54, 1.807) is 13.8 Å². The number of rotatable bonds is 13. The lowest BCUT2D eigenvalue weighted by Gasteiger charge is -2.29. The molecule has 0 spiro atoms. The summed E-state index contributed by atoms with van der Waals surface area (Å²) in [4.78, 5) is 51.6. The molecule has 3 amide bonds. The summed E-state index contributed by atoms with van der Waals surface area (Å²) in [5.74, 6) is -2.43. The van der Waals surface area contributed by atoms with Gasteiger partial charge in [0.25, 0.3) is 0 Å². The number of carbonyl (C=O) groups is 4.